The fraction of sp³-hybridized carbons (Fsp3) is 0.478. The minimum absolute atomic E-state index is 0.269. The Morgan fingerprint density at radius 3 is 2.29 bits per heavy atom. The lowest BCUT2D eigenvalue weighted by Gasteiger charge is -2.32. The highest BCUT2D eigenvalue weighted by molar-refractivity contribution is 5.37. The molecule has 0 radical (unpaired) electrons. The van der Waals surface area contributed by atoms with E-state index >= 15 is 0 Å². The van der Waals surface area contributed by atoms with Gasteiger partial charge in [-0.3, -0.25) is 0 Å². The molecule has 3 atom stereocenters. The maximum absolute atomic E-state index is 10.2. The largest absolute Gasteiger partial charge is 0.396 e. The van der Waals surface area contributed by atoms with E-state index in [9.17, 15) is 5.11 Å². The van der Waals surface area contributed by atoms with E-state index in [0.29, 0.717) is 17.8 Å². The molecule has 1 fully saturated rings. The van der Waals surface area contributed by atoms with Gasteiger partial charge in [0.15, 0.2) is 0 Å². The molecule has 1 aliphatic rings. The number of hydrogen-bond acceptors (Lipinski definition) is 1. The zero-order valence-corrected chi connectivity index (χ0v) is 15.0. The number of hydrogen-bond donors (Lipinski definition) is 1. The van der Waals surface area contributed by atoms with Gasteiger partial charge in [0.05, 0.1) is 0 Å². The predicted octanol–water partition coefficient (Wildman–Crippen LogP) is 5.54. The SMILES string of the molecule is CCC(C)C(CO)C(Cc1ccccc1)c1ccccc1C1CC1. The molecule has 0 bridgehead atoms. The molecule has 1 heteroatoms. The van der Waals surface area contributed by atoms with Crippen molar-refractivity contribution in [2.45, 2.75) is 51.4 Å². The van der Waals surface area contributed by atoms with Gasteiger partial charge in [-0.05, 0) is 59.6 Å². The number of rotatable bonds is 8. The molecular weight excluding hydrogens is 292 g/mol. The second-order valence-electron chi connectivity index (χ2n) is 7.43. The third-order valence-corrected chi connectivity index (χ3v) is 5.81. The fourth-order valence-corrected chi connectivity index (χ4v) is 3.98. The van der Waals surface area contributed by atoms with Crippen LogP contribution in [0.3, 0.4) is 0 Å². The van der Waals surface area contributed by atoms with Crippen molar-refractivity contribution in [3.63, 3.8) is 0 Å². The minimum atomic E-state index is 0.269. The lowest BCUT2D eigenvalue weighted by molar-refractivity contribution is 0.153. The summed E-state index contributed by atoms with van der Waals surface area (Å²) in [6.45, 7) is 4.80. The smallest absolute Gasteiger partial charge is 0.0467 e. The van der Waals surface area contributed by atoms with Crippen LogP contribution in [0.1, 0.15) is 61.6 Å². The molecule has 0 heterocycles. The highest BCUT2D eigenvalue weighted by atomic mass is 16.3. The van der Waals surface area contributed by atoms with Crippen LogP contribution in [0, 0.1) is 11.8 Å². The third-order valence-electron chi connectivity index (χ3n) is 5.81. The van der Waals surface area contributed by atoms with Crippen LogP contribution in [0.15, 0.2) is 54.6 Å². The van der Waals surface area contributed by atoms with E-state index in [1.54, 1.807) is 0 Å². The average Bonchev–Trinajstić information content (AvgIpc) is 3.47. The van der Waals surface area contributed by atoms with Crippen LogP contribution < -0.4 is 0 Å². The Morgan fingerprint density at radius 2 is 1.67 bits per heavy atom. The number of benzene rings is 2. The molecule has 0 aliphatic heterocycles. The first kappa shape index (κ1) is 17.2. The van der Waals surface area contributed by atoms with Gasteiger partial charge in [-0.1, -0.05) is 74.9 Å². The molecule has 2 aromatic rings. The van der Waals surface area contributed by atoms with Gasteiger partial charge < -0.3 is 5.11 Å². The second-order valence-corrected chi connectivity index (χ2v) is 7.43. The van der Waals surface area contributed by atoms with Crippen molar-refractivity contribution in [1.82, 2.24) is 0 Å². The van der Waals surface area contributed by atoms with Gasteiger partial charge in [-0.25, -0.2) is 0 Å². The predicted molar refractivity (Wildman–Crippen MR) is 101 cm³/mol. The zero-order chi connectivity index (χ0) is 16.9. The van der Waals surface area contributed by atoms with Gasteiger partial charge in [0.1, 0.15) is 0 Å². The Hall–Kier alpha value is -1.60. The quantitative estimate of drug-likeness (QED) is 0.676. The lowest BCUT2D eigenvalue weighted by atomic mass is 9.73. The Labute approximate surface area is 146 Å². The highest BCUT2D eigenvalue weighted by Crippen LogP contribution is 2.46. The minimum Gasteiger partial charge on any atom is -0.396 e. The Balaban J connectivity index is 1.98. The van der Waals surface area contributed by atoms with Crippen molar-refractivity contribution in [1.29, 1.82) is 0 Å². The van der Waals surface area contributed by atoms with Crippen LogP contribution >= 0.6 is 0 Å². The maximum Gasteiger partial charge on any atom is 0.0467 e. The van der Waals surface area contributed by atoms with Gasteiger partial charge >= 0.3 is 0 Å². The molecule has 2 aromatic carbocycles. The molecule has 0 aromatic heterocycles. The van der Waals surface area contributed by atoms with Crippen LogP contribution in [0.2, 0.25) is 0 Å². The van der Waals surface area contributed by atoms with Gasteiger partial charge in [0.25, 0.3) is 0 Å². The first-order valence-electron chi connectivity index (χ1n) is 9.48. The normalized spacial score (nSPS) is 18.1. The summed E-state index contributed by atoms with van der Waals surface area (Å²) in [5.41, 5.74) is 4.37. The monoisotopic (exact) mass is 322 g/mol. The van der Waals surface area contributed by atoms with Crippen molar-refractivity contribution in [2.75, 3.05) is 6.61 Å². The van der Waals surface area contributed by atoms with Gasteiger partial charge in [-0.2, -0.15) is 0 Å². The second kappa shape index (κ2) is 7.98. The standard InChI is InChI=1S/C23H30O/c1-3-17(2)23(16-24)22(15-18-9-5-4-6-10-18)21-12-8-7-11-20(21)19-13-14-19/h4-12,17,19,22-24H,3,13-16H2,1-2H3. The molecule has 0 spiro atoms. The van der Waals surface area contributed by atoms with E-state index < -0.39 is 0 Å². The van der Waals surface area contributed by atoms with Crippen LogP contribution in [0.25, 0.3) is 0 Å². The molecule has 3 rings (SSSR count). The Morgan fingerprint density at radius 1 is 1.00 bits per heavy atom. The molecule has 1 aliphatic carbocycles. The van der Waals surface area contributed by atoms with E-state index in [0.717, 1.165) is 18.8 Å². The van der Waals surface area contributed by atoms with Crippen molar-refractivity contribution >= 4 is 0 Å². The number of aliphatic hydroxyl groups is 1. The van der Waals surface area contributed by atoms with Crippen LogP contribution in [0.5, 0.6) is 0 Å². The lowest BCUT2D eigenvalue weighted by Crippen LogP contribution is -2.26. The molecule has 0 saturated heterocycles. The maximum atomic E-state index is 10.2. The van der Waals surface area contributed by atoms with E-state index in [2.05, 4.69) is 68.4 Å². The van der Waals surface area contributed by atoms with E-state index in [-0.39, 0.29) is 6.61 Å². The molecule has 1 N–H and O–H groups in total. The first-order valence-corrected chi connectivity index (χ1v) is 9.48. The summed E-state index contributed by atoms with van der Waals surface area (Å²) in [7, 11) is 0. The molecule has 24 heavy (non-hydrogen) atoms. The molecule has 1 saturated carbocycles. The molecule has 128 valence electrons. The van der Waals surface area contributed by atoms with Crippen LogP contribution in [0.4, 0.5) is 0 Å². The molecular formula is C23H30O. The molecule has 1 nitrogen and oxygen atoms in total. The average molecular weight is 322 g/mol. The van der Waals surface area contributed by atoms with E-state index in [1.165, 1.54) is 29.5 Å². The summed E-state index contributed by atoms with van der Waals surface area (Å²) in [5, 5.41) is 10.2. The first-order chi connectivity index (χ1) is 11.7. The van der Waals surface area contributed by atoms with E-state index in [1.807, 2.05) is 0 Å². The Kier molecular flexibility index (Phi) is 5.73. The summed E-state index contributed by atoms with van der Waals surface area (Å²) < 4.78 is 0. The van der Waals surface area contributed by atoms with Crippen molar-refractivity contribution < 1.29 is 5.11 Å². The summed E-state index contributed by atoms with van der Waals surface area (Å²) in [4.78, 5) is 0. The Bertz CT molecular complexity index is 629. The van der Waals surface area contributed by atoms with Crippen molar-refractivity contribution in [3.05, 3.63) is 71.3 Å². The molecule has 0 amide bonds. The van der Waals surface area contributed by atoms with E-state index in [4.69, 9.17) is 0 Å². The van der Waals surface area contributed by atoms with Crippen LogP contribution in [-0.4, -0.2) is 11.7 Å². The zero-order valence-electron chi connectivity index (χ0n) is 15.0. The van der Waals surface area contributed by atoms with Gasteiger partial charge in [0, 0.05) is 6.61 Å². The third kappa shape index (κ3) is 3.89. The summed E-state index contributed by atoms with van der Waals surface area (Å²) >= 11 is 0. The summed E-state index contributed by atoms with van der Waals surface area (Å²) in [6.07, 6.45) is 4.77. The van der Waals surface area contributed by atoms with Crippen molar-refractivity contribution in [2.24, 2.45) is 11.8 Å². The number of aliphatic hydroxyl groups excluding tert-OH is 1. The summed E-state index contributed by atoms with van der Waals surface area (Å²) in [5.74, 6) is 1.98. The van der Waals surface area contributed by atoms with Crippen molar-refractivity contribution in [3.8, 4) is 0 Å². The van der Waals surface area contributed by atoms with Gasteiger partial charge in [0.2, 0.25) is 0 Å². The summed E-state index contributed by atoms with van der Waals surface area (Å²) in [6, 6.07) is 19.7. The van der Waals surface area contributed by atoms with Gasteiger partial charge in [-0.15, -0.1) is 0 Å². The fourth-order valence-electron chi connectivity index (χ4n) is 3.98. The molecule has 3 unspecified atom stereocenters. The highest BCUT2D eigenvalue weighted by Gasteiger charge is 2.32. The topological polar surface area (TPSA) is 20.2 Å². The van der Waals surface area contributed by atoms with Crippen LogP contribution in [-0.2, 0) is 6.42 Å².